The summed E-state index contributed by atoms with van der Waals surface area (Å²) >= 11 is 0. The van der Waals surface area contributed by atoms with Gasteiger partial charge in [0, 0.05) is 18.2 Å². The summed E-state index contributed by atoms with van der Waals surface area (Å²) in [6.45, 7) is 0.565. The van der Waals surface area contributed by atoms with Gasteiger partial charge in [0.05, 0.1) is 13.7 Å². The van der Waals surface area contributed by atoms with E-state index in [1.807, 2.05) is 35.2 Å². The second-order valence-corrected chi connectivity index (χ2v) is 6.15. The maximum atomic E-state index is 12.6. The van der Waals surface area contributed by atoms with Crippen molar-refractivity contribution >= 4 is 11.8 Å². The third-order valence-electron chi connectivity index (χ3n) is 4.26. The number of carbonyl (C=O) groups excluding carboxylic acids is 2. The van der Waals surface area contributed by atoms with Crippen molar-refractivity contribution in [2.24, 2.45) is 0 Å². The van der Waals surface area contributed by atoms with Crippen molar-refractivity contribution in [2.45, 2.75) is 25.4 Å². The van der Waals surface area contributed by atoms with Crippen molar-refractivity contribution in [2.75, 3.05) is 13.7 Å². The highest BCUT2D eigenvalue weighted by Crippen LogP contribution is 2.28. The van der Waals surface area contributed by atoms with Gasteiger partial charge in [-0.05, 0) is 42.7 Å². The van der Waals surface area contributed by atoms with Crippen LogP contribution in [0.3, 0.4) is 0 Å². The molecule has 0 atom stereocenters. The van der Waals surface area contributed by atoms with Gasteiger partial charge in [0.1, 0.15) is 5.75 Å². The molecule has 5 nitrogen and oxygen atoms in total. The first-order valence-corrected chi connectivity index (χ1v) is 8.43. The Balaban J connectivity index is 1.58. The molecule has 2 aromatic carbocycles. The number of rotatable bonds is 7. The second-order valence-electron chi connectivity index (χ2n) is 6.15. The van der Waals surface area contributed by atoms with E-state index >= 15 is 0 Å². The van der Waals surface area contributed by atoms with Crippen molar-refractivity contribution in [3.63, 3.8) is 0 Å². The molecular weight excluding hydrogens is 316 g/mol. The predicted molar refractivity (Wildman–Crippen MR) is 95.3 cm³/mol. The van der Waals surface area contributed by atoms with E-state index in [0.29, 0.717) is 12.1 Å². The van der Waals surface area contributed by atoms with Gasteiger partial charge in [0.2, 0.25) is 5.91 Å². The minimum Gasteiger partial charge on any atom is -0.497 e. The van der Waals surface area contributed by atoms with E-state index in [2.05, 4.69) is 5.32 Å². The molecule has 2 amide bonds. The maximum Gasteiger partial charge on any atom is 0.251 e. The van der Waals surface area contributed by atoms with E-state index in [9.17, 15) is 9.59 Å². The van der Waals surface area contributed by atoms with Crippen LogP contribution in [-0.4, -0.2) is 36.4 Å². The molecule has 0 bridgehead atoms. The van der Waals surface area contributed by atoms with Crippen molar-refractivity contribution in [1.82, 2.24) is 10.2 Å². The normalized spacial score (nSPS) is 13.2. The number of methoxy groups -OCH3 is 1. The fraction of sp³-hybridized carbons (Fsp3) is 0.300. The molecule has 0 aliphatic heterocycles. The average Bonchev–Trinajstić information content (AvgIpc) is 3.50. The molecule has 1 saturated carbocycles. The van der Waals surface area contributed by atoms with Crippen LogP contribution >= 0.6 is 0 Å². The summed E-state index contributed by atoms with van der Waals surface area (Å²) in [4.78, 5) is 26.5. The van der Waals surface area contributed by atoms with Crippen molar-refractivity contribution in [3.05, 3.63) is 65.7 Å². The first-order chi connectivity index (χ1) is 12.2. The molecule has 0 spiro atoms. The number of carbonyl (C=O) groups is 2. The van der Waals surface area contributed by atoms with E-state index in [4.69, 9.17) is 4.74 Å². The van der Waals surface area contributed by atoms with E-state index < -0.39 is 0 Å². The second kappa shape index (κ2) is 7.83. The van der Waals surface area contributed by atoms with E-state index in [1.54, 1.807) is 31.4 Å². The van der Waals surface area contributed by atoms with Gasteiger partial charge in [-0.3, -0.25) is 9.59 Å². The van der Waals surface area contributed by atoms with Crippen molar-refractivity contribution in [3.8, 4) is 5.75 Å². The highest BCUT2D eigenvalue weighted by molar-refractivity contribution is 5.96. The van der Waals surface area contributed by atoms with Crippen LogP contribution in [-0.2, 0) is 11.3 Å². The molecule has 0 saturated heterocycles. The van der Waals surface area contributed by atoms with Crippen LogP contribution in [0.25, 0.3) is 0 Å². The Morgan fingerprint density at radius 2 is 1.76 bits per heavy atom. The zero-order valence-electron chi connectivity index (χ0n) is 14.3. The summed E-state index contributed by atoms with van der Waals surface area (Å²) in [7, 11) is 1.63. The Morgan fingerprint density at radius 1 is 1.08 bits per heavy atom. The van der Waals surface area contributed by atoms with Gasteiger partial charge in [0.15, 0.2) is 0 Å². The fourth-order valence-electron chi connectivity index (χ4n) is 2.68. The summed E-state index contributed by atoms with van der Waals surface area (Å²) in [5.74, 6) is 0.514. The minimum absolute atomic E-state index is 0.0143. The molecule has 3 rings (SSSR count). The molecule has 130 valence electrons. The molecule has 0 radical (unpaired) electrons. The number of hydrogen-bond acceptors (Lipinski definition) is 3. The number of ether oxygens (including phenoxy) is 1. The standard InChI is InChI=1S/C20H22N2O3/c1-25-18-11-7-15(8-12-18)14-22(17-9-10-17)19(23)13-21-20(24)16-5-3-2-4-6-16/h2-8,11-12,17H,9-10,13-14H2,1H3,(H,21,24). The fourth-order valence-corrected chi connectivity index (χ4v) is 2.68. The lowest BCUT2D eigenvalue weighted by atomic mass is 10.2. The quantitative estimate of drug-likeness (QED) is 0.844. The molecule has 0 aromatic heterocycles. The average molecular weight is 338 g/mol. The highest BCUT2D eigenvalue weighted by Gasteiger charge is 2.32. The van der Waals surface area contributed by atoms with Gasteiger partial charge in [0.25, 0.3) is 5.91 Å². The Bertz CT molecular complexity index is 724. The van der Waals surface area contributed by atoms with Crippen LogP contribution in [0.4, 0.5) is 0 Å². The molecule has 2 aromatic rings. The largest absolute Gasteiger partial charge is 0.497 e. The molecular formula is C20H22N2O3. The van der Waals surface area contributed by atoms with E-state index in [1.165, 1.54) is 0 Å². The zero-order chi connectivity index (χ0) is 17.6. The summed E-state index contributed by atoms with van der Waals surface area (Å²) in [6, 6.07) is 16.9. The first-order valence-electron chi connectivity index (χ1n) is 8.43. The van der Waals surface area contributed by atoms with Crippen LogP contribution in [0.2, 0.25) is 0 Å². The topological polar surface area (TPSA) is 58.6 Å². The predicted octanol–water partition coefficient (Wildman–Crippen LogP) is 2.62. The molecule has 1 fully saturated rings. The summed E-state index contributed by atoms with van der Waals surface area (Å²) in [5, 5.41) is 2.72. The van der Waals surface area contributed by atoms with Crippen LogP contribution in [0.5, 0.6) is 5.75 Å². The number of amides is 2. The Labute approximate surface area is 147 Å². The molecule has 1 N–H and O–H groups in total. The molecule has 1 aliphatic rings. The van der Waals surface area contributed by atoms with Crippen LogP contribution in [0, 0.1) is 0 Å². The third kappa shape index (κ3) is 4.59. The smallest absolute Gasteiger partial charge is 0.251 e. The summed E-state index contributed by atoms with van der Waals surface area (Å²) in [6.07, 6.45) is 2.04. The molecule has 1 aliphatic carbocycles. The highest BCUT2D eigenvalue weighted by atomic mass is 16.5. The minimum atomic E-state index is -0.228. The van der Waals surface area contributed by atoms with Gasteiger partial charge in [-0.15, -0.1) is 0 Å². The number of nitrogens with zero attached hydrogens (tertiary/aromatic N) is 1. The van der Waals surface area contributed by atoms with Crippen molar-refractivity contribution < 1.29 is 14.3 Å². The number of hydrogen-bond donors (Lipinski definition) is 1. The zero-order valence-corrected chi connectivity index (χ0v) is 14.3. The summed E-state index contributed by atoms with van der Waals surface area (Å²) in [5.41, 5.74) is 1.61. The molecule has 25 heavy (non-hydrogen) atoms. The SMILES string of the molecule is COc1ccc(CN(C(=O)CNC(=O)c2ccccc2)C2CC2)cc1. The van der Waals surface area contributed by atoms with Crippen LogP contribution in [0.15, 0.2) is 54.6 Å². The lowest BCUT2D eigenvalue weighted by Crippen LogP contribution is -2.41. The van der Waals surface area contributed by atoms with Crippen molar-refractivity contribution in [1.29, 1.82) is 0 Å². The Kier molecular flexibility index (Phi) is 5.33. The Hall–Kier alpha value is -2.82. The third-order valence-corrected chi connectivity index (χ3v) is 4.26. The molecule has 5 heteroatoms. The van der Waals surface area contributed by atoms with Gasteiger partial charge in [-0.25, -0.2) is 0 Å². The van der Waals surface area contributed by atoms with Gasteiger partial charge < -0.3 is 15.0 Å². The lowest BCUT2D eigenvalue weighted by Gasteiger charge is -2.23. The van der Waals surface area contributed by atoms with Crippen LogP contribution in [0.1, 0.15) is 28.8 Å². The van der Waals surface area contributed by atoms with Gasteiger partial charge >= 0.3 is 0 Å². The molecule has 0 unspecified atom stereocenters. The number of benzene rings is 2. The Morgan fingerprint density at radius 3 is 2.36 bits per heavy atom. The van der Waals surface area contributed by atoms with E-state index in [0.717, 1.165) is 24.2 Å². The van der Waals surface area contributed by atoms with Gasteiger partial charge in [-0.2, -0.15) is 0 Å². The van der Waals surface area contributed by atoms with Gasteiger partial charge in [-0.1, -0.05) is 30.3 Å². The monoisotopic (exact) mass is 338 g/mol. The van der Waals surface area contributed by atoms with E-state index in [-0.39, 0.29) is 24.4 Å². The lowest BCUT2D eigenvalue weighted by molar-refractivity contribution is -0.131. The molecule has 0 heterocycles. The summed E-state index contributed by atoms with van der Waals surface area (Å²) < 4.78 is 5.16. The number of nitrogens with one attached hydrogen (secondary N) is 1. The first kappa shape index (κ1) is 17.0. The van der Waals surface area contributed by atoms with Crippen LogP contribution < -0.4 is 10.1 Å². The maximum absolute atomic E-state index is 12.6.